The van der Waals surface area contributed by atoms with Crippen molar-refractivity contribution in [2.45, 2.75) is 39.5 Å². The van der Waals surface area contributed by atoms with Gasteiger partial charge in [0.2, 0.25) is 0 Å². The lowest BCUT2D eigenvalue weighted by Crippen LogP contribution is -1.99. The van der Waals surface area contributed by atoms with Crippen molar-refractivity contribution in [1.29, 1.82) is 0 Å². The van der Waals surface area contributed by atoms with Gasteiger partial charge in [0.15, 0.2) is 5.78 Å². The smallest absolute Gasteiger partial charge is 0.163 e. The van der Waals surface area contributed by atoms with Crippen molar-refractivity contribution in [3.8, 4) is 0 Å². The van der Waals surface area contributed by atoms with Crippen molar-refractivity contribution < 1.29 is 4.79 Å². The van der Waals surface area contributed by atoms with Gasteiger partial charge in [-0.15, -0.1) is 6.58 Å². The molecule has 86 valence electrons. The predicted molar refractivity (Wildman–Crippen MR) is 68.9 cm³/mol. The summed E-state index contributed by atoms with van der Waals surface area (Å²) in [6, 6.07) is 7.93. The fourth-order valence-electron chi connectivity index (χ4n) is 1.53. The Morgan fingerprint density at radius 2 is 1.75 bits per heavy atom. The molecule has 0 atom stereocenters. The molecule has 0 unspecified atom stereocenters. The molecule has 0 aliphatic heterocycles. The second-order valence-corrected chi connectivity index (χ2v) is 4.66. The van der Waals surface area contributed by atoms with Crippen LogP contribution < -0.4 is 0 Å². The SMILES string of the molecule is C=C(C)CCC(=O)c1ccc(C(C)C)cc1. The van der Waals surface area contributed by atoms with Gasteiger partial charge in [-0.1, -0.05) is 43.7 Å². The highest BCUT2D eigenvalue weighted by atomic mass is 16.1. The van der Waals surface area contributed by atoms with Gasteiger partial charge in [0.1, 0.15) is 0 Å². The van der Waals surface area contributed by atoms with E-state index < -0.39 is 0 Å². The highest BCUT2D eigenvalue weighted by Crippen LogP contribution is 2.16. The molecule has 0 bridgehead atoms. The Morgan fingerprint density at radius 3 is 2.19 bits per heavy atom. The van der Waals surface area contributed by atoms with Gasteiger partial charge in [-0.05, 0) is 24.8 Å². The van der Waals surface area contributed by atoms with Gasteiger partial charge < -0.3 is 0 Å². The van der Waals surface area contributed by atoms with Crippen molar-refractivity contribution in [3.63, 3.8) is 0 Å². The van der Waals surface area contributed by atoms with Crippen LogP contribution in [0.25, 0.3) is 0 Å². The van der Waals surface area contributed by atoms with Crippen molar-refractivity contribution in [3.05, 3.63) is 47.5 Å². The van der Waals surface area contributed by atoms with E-state index in [2.05, 4.69) is 20.4 Å². The molecule has 0 amide bonds. The summed E-state index contributed by atoms with van der Waals surface area (Å²) < 4.78 is 0. The first kappa shape index (κ1) is 12.7. The number of rotatable bonds is 5. The molecule has 0 saturated heterocycles. The van der Waals surface area contributed by atoms with Crippen LogP contribution in [-0.2, 0) is 0 Å². The van der Waals surface area contributed by atoms with Gasteiger partial charge in [0.05, 0.1) is 0 Å². The van der Waals surface area contributed by atoms with Crippen LogP contribution in [0.2, 0.25) is 0 Å². The van der Waals surface area contributed by atoms with Crippen molar-refractivity contribution in [2.24, 2.45) is 0 Å². The molecule has 0 aliphatic rings. The van der Waals surface area contributed by atoms with Crippen molar-refractivity contribution >= 4 is 5.78 Å². The zero-order valence-electron chi connectivity index (χ0n) is 10.4. The standard InChI is InChI=1S/C15H20O/c1-11(2)5-10-15(16)14-8-6-13(7-9-14)12(3)4/h6-9,12H,1,5,10H2,2-4H3. The zero-order chi connectivity index (χ0) is 12.1. The molecule has 1 heteroatoms. The van der Waals surface area contributed by atoms with Gasteiger partial charge in [-0.2, -0.15) is 0 Å². The molecule has 0 saturated carbocycles. The molecule has 0 N–H and O–H groups in total. The Balaban J connectivity index is 2.66. The van der Waals surface area contributed by atoms with Crippen molar-refractivity contribution in [1.82, 2.24) is 0 Å². The Hall–Kier alpha value is -1.37. The molecule has 0 spiro atoms. The first-order chi connectivity index (χ1) is 7.50. The largest absolute Gasteiger partial charge is 0.294 e. The highest BCUT2D eigenvalue weighted by molar-refractivity contribution is 5.96. The van der Waals surface area contributed by atoms with Gasteiger partial charge in [0, 0.05) is 12.0 Å². The van der Waals surface area contributed by atoms with Crippen molar-refractivity contribution in [2.75, 3.05) is 0 Å². The number of hydrogen-bond donors (Lipinski definition) is 0. The Labute approximate surface area is 98.2 Å². The van der Waals surface area contributed by atoms with E-state index in [1.54, 1.807) is 0 Å². The second-order valence-electron chi connectivity index (χ2n) is 4.66. The highest BCUT2D eigenvalue weighted by Gasteiger charge is 2.06. The number of hydrogen-bond acceptors (Lipinski definition) is 1. The second kappa shape index (κ2) is 5.64. The molecule has 16 heavy (non-hydrogen) atoms. The third kappa shape index (κ3) is 3.65. The number of carbonyl (C=O) groups is 1. The third-order valence-electron chi connectivity index (χ3n) is 2.68. The van der Waals surface area contributed by atoms with E-state index in [1.165, 1.54) is 5.56 Å². The molecule has 1 rings (SSSR count). The van der Waals surface area contributed by atoms with Gasteiger partial charge >= 0.3 is 0 Å². The van der Waals surface area contributed by atoms with E-state index in [9.17, 15) is 4.79 Å². The lowest BCUT2D eigenvalue weighted by atomic mass is 9.99. The molecule has 0 fully saturated rings. The molecule has 0 aromatic heterocycles. The molecule has 1 aromatic rings. The van der Waals surface area contributed by atoms with Crippen LogP contribution in [0.1, 0.15) is 55.5 Å². The molecule has 1 nitrogen and oxygen atoms in total. The van der Waals surface area contributed by atoms with Crippen LogP contribution >= 0.6 is 0 Å². The topological polar surface area (TPSA) is 17.1 Å². The molecule has 0 radical (unpaired) electrons. The van der Waals surface area contributed by atoms with Gasteiger partial charge in [-0.25, -0.2) is 0 Å². The number of benzene rings is 1. The van der Waals surface area contributed by atoms with Gasteiger partial charge in [0.25, 0.3) is 0 Å². The van der Waals surface area contributed by atoms with E-state index >= 15 is 0 Å². The fourth-order valence-corrected chi connectivity index (χ4v) is 1.53. The number of ketones is 1. The summed E-state index contributed by atoms with van der Waals surface area (Å²) in [4.78, 5) is 11.8. The lowest BCUT2D eigenvalue weighted by molar-refractivity contribution is 0.0983. The van der Waals surface area contributed by atoms with E-state index in [1.807, 2.05) is 31.2 Å². The number of carbonyl (C=O) groups excluding carboxylic acids is 1. The fraction of sp³-hybridized carbons (Fsp3) is 0.400. The van der Waals surface area contributed by atoms with Crippen LogP contribution in [0.4, 0.5) is 0 Å². The summed E-state index contributed by atoms with van der Waals surface area (Å²) in [7, 11) is 0. The summed E-state index contributed by atoms with van der Waals surface area (Å²) in [5, 5.41) is 0. The minimum Gasteiger partial charge on any atom is -0.294 e. The zero-order valence-corrected chi connectivity index (χ0v) is 10.4. The average molecular weight is 216 g/mol. The molecular weight excluding hydrogens is 196 g/mol. The van der Waals surface area contributed by atoms with Crippen LogP contribution in [0.15, 0.2) is 36.4 Å². The maximum absolute atomic E-state index is 11.8. The number of Topliss-reactive ketones (excluding diaryl/α,β-unsaturated/α-hetero) is 1. The van der Waals surface area contributed by atoms with E-state index in [0.29, 0.717) is 12.3 Å². The Morgan fingerprint density at radius 1 is 1.19 bits per heavy atom. The summed E-state index contributed by atoms with van der Waals surface area (Å²) in [6.07, 6.45) is 1.35. The minimum atomic E-state index is 0.207. The Bertz CT molecular complexity index is 371. The normalized spacial score (nSPS) is 10.5. The van der Waals surface area contributed by atoms with Crippen LogP contribution in [0, 0.1) is 0 Å². The first-order valence-corrected chi connectivity index (χ1v) is 5.78. The minimum absolute atomic E-state index is 0.207. The third-order valence-corrected chi connectivity index (χ3v) is 2.68. The summed E-state index contributed by atoms with van der Waals surface area (Å²) in [6.45, 7) is 10.1. The maximum Gasteiger partial charge on any atom is 0.163 e. The predicted octanol–water partition coefficient (Wildman–Crippen LogP) is 4.35. The molecule has 0 heterocycles. The monoisotopic (exact) mass is 216 g/mol. The number of allylic oxidation sites excluding steroid dienone is 1. The Kier molecular flexibility index (Phi) is 4.48. The summed E-state index contributed by atoms with van der Waals surface area (Å²) >= 11 is 0. The maximum atomic E-state index is 11.8. The molecular formula is C15H20O. The average Bonchev–Trinajstić information content (AvgIpc) is 2.26. The van der Waals surface area contributed by atoms with Crippen LogP contribution in [0.3, 0.4) is 0 Å². The van der Waals surface area contributed by atoms with Crippen LogP contribution in [-0.4, -0.2) is 5.78 Å². The first-order valence-electron chi connectivity index (χ1n) is 5.78. The van der Waals surface area contributed by atoms with E-state index in [4.69, 9.17) is 0 Å². The summed E-state index contributed by atoms with van der Waals surface area (Å²) in [5.41, 5.74) is 3.15. The van der Waals surface area contributed by atoms with Crippen LogP contribution in [0.5, 0.6) is 0 Å². The quantitative estimate of drug-likeness (QED) is 0.528. The molecule has 1 aromatic carbocycles. The molecule has 0 aliphatic carbocycles. The summed E-state index contributed by atoms with van der Waals surface area (Å²) in [5.74, 6) is 0.720. The van der Waals surface area contributed by atoms with E-state index in [0.717, 1.165) is 17.6 Å². The van der Waals surface area contributed by atoms with Gasteiger partial charge in [-0.3, -0.25) is 4.79 Å². The van der Waals surface area contributed by atoms with E-state index in [-0.39, 0.29) is 5.78 Å². The lowest BCUT2D eigenvalue weighted by Gasteiger charge is -2.06.